The van der Waals surface area contributed by atoms with Crippen LogP contribution < -0.4 is 0 Å². The van der Waals surface area contributed by atoms with Gasteiger partial charge in [-0.1, -0.05) is 12.8 Å². The molecule has 0 N–H and O–H groups in total. The molecule has 4 nitrogen and oxygen atoms in total. The highest BCUT2D eigenvalue weighted by atomic mass is 32.1. The van der Waals surface area contributed by atoms with E-state index >= 15 is 0 Å². The van der Waals surface area contributed by atoms with Crippen LogP contribution in [0.4, 0.5) is 0 Å². The third-order valence-electron chi connectivity index (χ3n) is 0.793. The molecule has 0 spiro atoms. The Morgan fingerprint density at radius 1 is 1.90 bits per heavy atom. The van der Waals surface area contributed by atoms with Crippen molar-refractivity contribution in [3.05, 3.63) is 0 Å². The second kappa shape index (κ2) is 5.09. The SMILES string of the molecule is COC(=O)CN(S)CC#N. The summed E-state index contributed by atoms with van der Waals surface area (Å²) in [6.07, 6.45) is 0. The molecule has 0 aromatic carbocycles. The smallest absolute Gasteiger partial charge is 0.320 e. The lowest BCUT2D eigenvalue weighted by Crippen LogP contribution is -2.22. The van der Waals surface area contributed by atoms with Gasteiger partial charge in [0, 0.05) is 0 Å². The molecule has 0 fully saturated rings. The van der Waals surface area contributed by atoms with Gasteiger partial charge in [-0.2, -0.15) is 5.26 Å². The van der Waals surface area contributed by atoms with Crippen LogP contribution in [0, 0.1) is 11.3 Å². The van der Waals surface area contributed by atoms with Gasteiger partial charge in [-0.05, 0) is 0 Å². The molecule has 0 radical (unpaired) electrons. The van der Waals surface area contributed by atoms with Crippen molar-refractivity contribution in [1.82, 2.24) is 4.31 Å². The molecule has 0 aliphatic heterocycles. The van der Waals surface area contributed by atoms with E-state index < -0.39 is 5.97 Å². The Labute approximate surface area is 64.9 Å². The summed E-state index contributed by atoms with van der Waals surface area (Å²) < 4.78 is 5.60. The Bertz CT molecular complexity index is 154. The highest BCUT2D eigenvalue weighted by Gasteiger charge is 2.04. The lowest BCUT2D eigenvalue weighted by molar-refractivity contribution is -0.140. The molecule has 0 aliphatic carbocycles. The highest BCUT2D eigenvalue weighted by molar-refractivity contribution is 7.77. The van der Waals surface area contributed by atoms with E-state index in [1.54, 1.807) is 0 Å². The molecule has 0 unspecified atom stereocenters. The number of hydrogen-bond donors (Lipinski definition) is 1. The fraction of sp³-hybridized carbons (Fsp3) is 0.600. The normalized spacial score (nSPS) is 9.00. The third-order valence-corrected chi connectivity index (χ3v) is 1.08. The Morgan fingerprint density at radius 3 is 2.90 bits per heavy atom. The molecule has 0 bridgehead atoms. The Balaban J connectivity index is 3.49. The van der Waals surface area contributed by atoms with Crippen molar-refractivity contribution in [2.24, 2.45) is 0 Å². The molecule has 5 heteroatoms. The maximum atomic E-state index is 10.5. The van der Waals surface area contributed by atoms with Gasteiger partial charge in [0.25, 0.3) is 0 Å². The molecule has 0 heterocycles. The lowest BCUT2D eigenvalue weighted by atomic mass is 10.6. The summed E-state index contributed by atoms with van der Waals surface area (Å²) in [6.45, 7) is 0.144. The summed E-state index contributed by atoms with van der Waals surface area (Å²) in [5.74, 6) is -0.398. The molecule has 0 aromatic heterocycles. The predicted molar refractivity (Wildman–Crippen MR) is 38.2 cm³/mol. The number of nitrogens with zero attached hydrogens (tertiary/aromatic N) is 2. The number of rotatable bonds is 3. The van der Waals surface area contributed by atoms with E-state index in [1.807, 2.05) is 6.07 Å². The minimum atomic E-state index is -0.398. The van der Waals surface area contributed by atoms with Crippen LogP contribution in [0.1, 0.15) is 0 Å². The number of carbonyl (C=O) groups is 1. The number of ether oxygens (including phenoxy) is 1. The van der Waals surface area contributed by atoms with Gasteiger partial charge in [0.15, 0.2) is 0 Å². The first-order chi connectivity index (χ1) is 4.70. The van der Waals surface area contributed by atoms with Crippen LogP contribution in [0.2, 0.25) is 0 Å². The van der Waals surface area contributed by atoms with Crippen molar-refractivity contribution >= 4 is 18.8 Å². The average Bonchev–Trinajstić information content (AvgIpc) is 1.88. The van der Waals surface area contributed by atoms with Gasteiger partial charge in [0.2, 0.25) is 0 Å². The first-order valence-corrected chi connectivity index (χ1v) is 2.98. The fourth-order valence-corrected chi connectivity index (χ4v) is 0.530. The zero-order valence-electron chi connectivity index (χ0n) is 5.57. The van der Waals surface area contributed by atoms with Gasteiger partial charge in [-0.3, -0.25) is 4.79 Å². The largest absolute Gasteiger partial charge is 0.468 e. The minimum absolute atomic E-state index is 0.0349. The standard InChI is InChI=1S/C5H8N2O2S/c1-9-5(8)4-7(10)3-2-6/h10H,3-4H2,1H3. The number of carbonyl (C=O) groups excluding carboxylic acids is 1. The number of thiol groups is 1. The predicted octanol–water partition coefficient (Wildman–Crippen LogP) is -0.170. The monoisotopic (exact) mass is 160 g/mol. The second-order valence-corrected chi connectivity index (χ2v) is 2.12. The summed E-state index contributed by atoms with van der Waals surface area (Å²) in [6, 6.07) is 1.84. The van der Waals surface area contributed by atoms with Crippen LogP contribution in [0.25, 0.3) is 0 Å². The topological polar surface area (TPSA) is 53.3 Å². The number of methoxy groups -OCH3 is 1. The van der Waals surface area contributed by atoms with Gasteiger partial charge < -0.3 is 4.74 Å². The lowest BCUT2D eigenvalue weighted by Gasteiger charge is -2.07. The van der Waals surface area contributed by atoms with Gasteiger partial charge in [0.1, 0.15) is 6.54 Å². The van der Waals surface area contributed by atoms with E-state index in [-0.39, 0.29) is 13.1 Å². The number of esters is 1. The quantitative estimate of drug-likeness (QED) is 0.354. The Kier molecular flexibility index (Phi) is 4.72. The first kappa shape index (κ1) is 9.27. The Hall–Kier alpha value is -0.730. The summed E-state index contributed by atoms with van der Waals surface area (Å²) in [7, 11) is 1.29. The molecular weight excluding hydrogens is 152 g/mol. The van der Waals surface area contributed by atoms with Gasteiger partial charge >= 0.3 is 5.97 Å². The molecule has 0 aliphatic rings. The molecule has 0 rings (SSSR count). The molecule has 0 saturated carbocycles. The van der Waals surface area contributed by atoms with E-state index in [1.165, 1.54) is 11.4 Å². The van der Waals surface area contributed by atoms with Crippen LogP contribution in [0.5, 0.6) is 0 Å². The van der Waals surface area contributed by atoms with Crippen molar-refractivity contribution in [1.29, 1.82) is 5.26 Å². The number of hydrogen-bond acceptors (Lipinski definition) is 5. The summed E-state index contributed by atoms with van der Waals surface area (Å²) in [5, 5.41) is 8.13. The molecule has 0 saturated heterocycles. The van der Waals surface area contributed by atoms with Crippen LogP contribution in [0.15, 0.2) is 0 Å². The third kappa shape index (κ3) is 4.18. The van der Waals surface area contributed by atoms with Crippen LogP contribution >= 0.6 is 12.8 Å². The molecule has 0 aromatic rings. The van der Waals surface area contributed by atoms with Gasteiger partial charge in [0.05, 0.1) is 19.7 Å². The van der Waals surface area contributed by atoms with Gasteiger partial charge in [-0.15, -0.1) is 0 Å². The number of nitriles is 1. The van der Waals surface area contributed by atoms with Crippen molar-refractivity contribution in [3.8, 4) is 6.07 Å². The maximum Gasteiger partial charge on any atom is 0.320 e. The van der Waals surface area contributed by atoms with E-state index in [2.05, 4.69) is 17.6 Å². The maximum absolute atomic E-state index is 10.5. The molecular formula is C5H8N2O2S. The zero-order chi connectivity index (χ0) is 7.98. The summed E-state index contributed by atoms with van der Waals surface area (Å²) in [4.78, 5) is 10.5. The highest BCUT2D eigenvalue weighted by Crippen LogP contribution is 1.90. The van der Waals surface area contributed by atoms with E-state index in [0.29, 0.717) is 0 Å². The second-order valence-electron chi connectivity index (χ2n) is 1.56. The summed E-state index contributed by atoms with van der Waals surface area (Å²) >= 11 is 3.81. The summed E-state index contributed by atoms with van der Waals surface area (Å²) in [5.41, 5.74) is 0. The average molecular weight is 160 g/mol. The van der Waals surface area contributed by atoms with Crippen molar-refractivity contribution < 1.29 is 9.53 Å². The van der Waals surface area contributed by atoms with Crippen LogP contribution in [-0.2, 0) is 9.53 Å². The Morgan fingerprint density at radius 2 is 2.50 bits per heavy atom. The van der Waals surface area contributed by atoms with Gasteiger partial charge in [-0.25, -0.2) is 4.31 Å². The van der Waals surface area contributed by atoms with E-state index in [4.69, 9.17) is 5.26 Å². The van der Waals surface area contributed by atoms with Crippen molar-refractivity contribution in [2.45, 2.75) is 0 Å². The van der Waals surface area contributed by atoms with Crippen molar-refractivity contribution in [2.75, 3.05) is 20.2 Å². The zero-order valence-corrected chi connectivity index (χ0v) is 6.47. The van der Waals surface area contributed by atoms with Crippen LogP contribution in [0.3, 0.4) is 0 Å². The molecule has 0 atom stereocenters. The fourth-order valence-electron chi connectivity index (χ4n) is 0.351. The first-order valence-electron chi connectivity index (χ1n) is 2.58. The molecule has 0 amide bonds. The van der Waals surface area contributed by atoms with E-state index in [0.717, 1.165) is 0 Å². The van der Waals surface area contributed by atoms with E-state index in [9.17, 15) is 4.79 Å². The van der Waals surface area contributed by atoms with Crippen molar-refractivity contribution in [3.63, 3.8) is 0 Å². The molecule has 56 valence electrons. The minimum Gasteiger partial charge on any atom is -0.468 e. The van der Waals surface area contributed by atoms with Crippen LogP contribution in [-0.4, -0.2) is 30.5 Å². The molecule has 10 heavy (non-hydrogen) atoms.